The number of benzene rings is 2. The lowest BCUT2D eigenvalue weighted by molar-refractivity contribution is -0.126. The molecule has 0 atom stereocenters. The number of hydrogen-bond donors (Lipinski definition) is 3. The number of carbonyl (C=O) groups excluding carboxylic acids is 3. The van der Waals surface area contributed by atoms with E-state index in [1.54, 1.807) is 0 Å². The molecule has 1 saturated heterocycles. The number of carbonyl (C=O) groups is 3. The molecule has 0 saturated carbocycles. The second-order valence-corrected chi connectivity index (χ2v) is 10.1. The number of rotatable bonds is 9. The van der Waals surface area contributed by atoms with E-state index in [9.17, 15) is 27.9 Å². The van der Waals surface area contributed by atoms with Crippen LogP contribution in [0.4, 0.5) is 0 Å². The Morgan fingerprint density at radius 3 is 2.06 bits per heavy atom. The van der Waals surface area contributed by atoms with Gasteiger partial charge in [-0.2, -0.15) is 4.31 Å². The Labute approximate surface area is 199 Å². The van der Waals surface area contributed by atoms with Gasteiger partial charge in [-0.05, 0) is 62.6 Å². The average molecular weight is 488 g/mol. The van der Waals surface area contributed by atoms with E-state index in [2.05, 4.69) is 10.6 Å². The van der Waals surface area contributed by atoms with Crippen molar-refractivity contribution in [3.8, 4) is 5.75 Å². The van der Waals surface area contributed by atoms with Gasteiger partial charge in [0.25, 0.3) is 5.91 Å². The van der Waals surface area contributed by atoms with Gasteiger partial charge in [-0.25, -0.2) is 8.42 Å². The Morgan fingerprint density at radius 1 is 0.912 bits per heavy atom. The molecule has 0 spiro atoms. The van der Waals surface area contributed by atoms with Crippen molar-refractivity contribution in [1.29, 1.82) is 0 Å². The third kappa shape index (κ3) is 6.42. The molecule has 2 amide bonds. The van der Waals surface area contributed by atoms with Crippen molar-refractivity contribution >= 4 is 27.6 Å². The van der Waals surface area contributed by atoms with Gasteiger partial charge in [0.2, 0.25) is 15.9 Å². The summed E-state index contributed by atoms with van der Waals surface area (Å²) in [6.07, 6.45) is 1.40. The van der Waals surface area contributed by atoms with E-state index < -0.39 is 10.0 Å². The molecular weight excluding hydrogens is 458 g/mol. The van der Waals surface area contributed by atoms with E-state index in [0.29, 0.717) is 43.5 Å². The van der Waals surface area contributed by atoms with Crippen LogP contribution in [-0.2, 0) is 14.8 Å². The topological polar surface area (TPSA) is 133 Å². The summed E-state index contributed by atoms with van der Waals surface area (Å²) in [5, 5.41) is 14.9. The first-order valence-electron chi connectivity index (χ1n) is 11.1. The highest BCUT2D eigenvalue weighted by molar-refractivity contribution is 7.89. The molecule has 1 aliphatic rings. The molecule has 0 radical (unpaired) electrons. The van der Waals surface area contributed by atoms with Gasteiger partial charge in [0.15, 0.2) is 5.78 Å². The number of hydrogen-bond acceptors (Lipinski definition) is 6. The number of phenolic OH excluding ortho intramolecular Hbond substituents is 1. The zero-order valence-corrected chi connectivity index (χ0v) is 19.8. The Balaban J connectivity index is 1.39. The molecule has 2 aromatic carbocycles. The number of piperidine rings is 1. The number of sulfonamides is 1. The molecule has 3 rings (SSSR count). The molecule has 0 bridgehead atoms. The molecule has 0 aliphatic carbocycles. The first kappa shape index (κ1) is 25.4. The Hall–Kier alpha value is -3.24. The molecule has 1 aliphatic heterocycles. The first-order valence-corrected chi connectivity index (χ1v) is 12.6. The van der Waals surface area contributed by atoms with E-state index in [-0.39, 0.29) is 47.3 Å². The minimum atomic E-state index is -3.68. The maximum Gasteiger partial charge on any atom is 0.251 e. The van der Waals surface area contributed by atoms with Crippen LogP contribution in [0.3, 0.4) is 0 Å². The summed E-state index contributed by atoms with van der Waals surface area (Å²) in [6, 6.07) is 11.8. The van der Waals surface area contributed by atoms with Crippen LogP contribution in [0.25, 0.3) is 0 Å². The van der Waals surface area contributed by atoms with Crippen molar-refractivity contribution in [3.05, 3.63) is 59.7 Å². The summed E-state index contributed by atoms with van der Waals surface area (Å²) in [4.78, 5) is 36.0. The van der Waals surface area contributed by atoms with Gasteiger partial charge < -0.3 is 15.7 Å². The Bertz CT molecular complexity index is 1120. The van der Waals surface area contributed by atoms with Crippen molar-refractivity contribution in [2.24, 2.45) is 5.92 Å². The van der Waals surface area contributed by atoms with E-state index in [1.165, 1.54) is 59.8 Å². The van der Waals surface area contributed by atoms with Gasteiger partial charge in [0.05, 0.1) is 4.90 Å². The zero-order chi connectivity index (χ0) is 24.7. The van der Waals surface area contributed by atoms with Gasteiger partial charge in [-0.15, -0.1) is 0 Å². The highest BCUT2D eigenvalue weighted by Gasteiger charge is 2.32. The molecule has 1 heterocycles. The van der Waals surface area contributed by atoms with Gasteiger partial charge in [0.1, 0.15) is 5.75 Å². The summed E-state index contributed by atoms with van der Waals surface area (Å²) >= 11 is 0. The maximum atomic E-state index is 12.9. The molecule has 3 N–H and O–H groups in total. The number of phenols is 1. The highest BCUT2D eigenvalue weighted by Crippen LogP contribution is 2.24. The fraction of sp³-hybridized carbons (Fsp3) is 0.375. The third-order valence-electron chi connectivity index (χ3n) is 5.79. The third-order valence-corrected chi connectivity index (χ3v) is 7.70. The molecule has 0 aromatic heterocycles. The smallest absolute Gasteiger partial charge is 0.251 e. The molecule has 1 fully saturated rings. The van der Waals surface area contributed by atoms with Crippen LogP contribution in [0.1, 0.15) is 46.9 Å². The molecule has 2 aromatic rings. The van der Waals surface area contributed by atoms with E-state index >= 15 is 0 Å². The Kier molecular flexibility index (Phi) is 8.41. The van der Waals surface area contributed by atoms with Crippen LogP contribution in [0.2, 0.25) is 0 Å². The van der Waals surface area contributed by atoms with Crippen LogP contribution >= 0.6 is 0 Å². The van der Waals surface area contributed by atoms with Gasteiger partial charge in [0, 0.05) is 43.2 Å². The number of ketones is 1. The standard InChI is InChI=1S/C24H29N3O6S/c1-17(28)18-5-9-22(10-6-18)34(32,33)27-15-11-20(12-16-27)24(31)26-14-2-13-25-23(30)19-3-7-21(29)8-4-19/h3-10,20,29H,2,11-16H2,1H3,(H,25,30)(H,26,31). The molecule has 182 valence electrons. The zero-order valence-electron chi connectivity index (χ0n) is 19.0. The van der Waals surface area contributed by atoms with Gasteiger partial charge in [-0.3, -0.25) is 14.4 Å². The second kappa shape index (κ2) is 11.3. The summed E-state index contributed by atoms with van der Waals surface area (Å²) in [6.45, 7) is 2.71. The fourth-order valence-electron chi connectivity index (χ4n) is 3.73. The van der Waals surface area contributed by atoms with Crippen LogP contribution in [0, 0.1) is 5.92 Å². The molecule has 10 heteroatoms. The maximum absolute atomic E-state index is 12.9. The number of nitrogens with one attached hydrogen (secondary N) is 2. The second-order valence-electron chi connectivity index (χ2n) is 8.21. The minimum Gasteiger partial charge on any atom is -0.508 e. The number of nitrogens with zero attached hydrogens (tertiary/aromatic N) is 1. The predicted octanol–water partition coefficient (Wildman–Crippen LogP) is 1.93. The number of Topliss-reactive ketones (excluding diaryl/α,β-unsaturated/α-hetero) is 1. The van der Waals surface area contributed by atoms with Crippen molar-refractivity contribution in [2.45, 2.75) is 31.1 Å². The van der Waals surface area contributed by atoms with E-state index in [1.807, 2.05) is 0 Å². The summed E-state index contributed by atoms with van der Waals surface area (Å²) < 4.78 is 27.1. The summed E-state index contributed by atoms with van der Waals surface area (Å²) in [5.41, 5.74) is 0.896. The van der Waals surface area contributed by atoms with Crippen molar-refractivity contribution < 1.29 is 27.9 Å². The van der Waals surface area contributed by atoms with Crippen LogP contribution < -0.4 is 10.6 Å². The van der Waals surface area contributed by atoms with Crippen LogP contribution in [-0.4, -0.2) is 61.6 Å². The monoisotopic (exact) mass is 487 g/mol. The van der Waals surface area contributed by atoms with Crippen LogP contribution in [0.15, 0.2) is 53.4 Å². The van der Waals surface area contributed by atoms with Crippen molar-refractivity contribution in [2.75, 3.05) is 26.2 Å². The van der Waals surface area contributed by atoms with E-state index in [4.69, 9.17) is 0 Å². The summed E-state index contributed by atoms with van der Waals surface area (Å²) in [7, 11) is -3.68. The number of amides is 2. The first-order chi connectivity index (χ1) is 16.2. The minimum absolute atomic E-state index is 0.0889. The molecular formula is C24H29N3O6S. The lowest BCUT2D eigenvalue weighted by Gasteiger charge is -2.30. The highest BCUT2D eigenvalue weighted by atomic mass is 32.2. The quantitative estimate of drug-likeness (QED) is 0.366. The van der Waals surface area contributed by atoms with Gasteiger partial charge >= 0.3 is 0 Å². The van der Waals surface area contributed by atoms with Crippen LogP contribution in [0.5, 0.6) is 5.75 Å². The SMILES string of the molecule is CC(=O)c1ccc(S(=O)(=O)N2CCC(C(=O)NCCCNC(=O)c3ccc(O)cc3)CC2)cc1. The largest absolute Gasteiger partial charge is 0.508 e. The predicted molar refractivity (Wildman–Crippen MR) is 126 cm³/mol. The van der Waals surface area contributed by atoms with Crippen molar-refractivity contribution in [1.82, 2.24) is 14.9 Å². The summed E-state index contributed by atoms with van der Waals surface area (Å²) in [5.74, 6) is -0.678. The Morgan fingerprint density at radius 2 is 1.47 bits per heavy atom. The van der Waals surface area contributed by atoms with Gasteiger partial charge in [-0.1, -0.05) is 12.1 Å². The molecule has 0 unspecified atom stereocenters. The average Bonchev–Trinajstić information content (AvgIpc) is 2.84. The lowest BCUT2D eigenvalue weighted by Crippen LogP contribution is -2.43. The fourth-order valence-corrected chi connectivity index (χ4v) is 5.20. The van der Waals surface area contributed by atoms with E-state index in [0.717, 1.165) is 0 Å². The lowest BCUT2D eigenvalue weighted by atomic mass is 9.97. The molecule has 9 nitrogen and oxygen atoms in total. The number of aromatic hydroxyl groups is 1. The molecule has 34 heavy (non-hydrogen) atoms. The normalized spacial score (nSPS) is 15.0. The van der Waals surface area contributed by atoms with Crippen molar-refractivity contribution in [3.63, 3.8) is 0 Å².